The Morgan fingerprint density at radius 2 is 1.76 bits per heavy atom. The molecule has 1 aliphatic rings. The third-order valence-corrected chi connectivity index (χ3v) is 3.39. The molecule has 1 N–H and O–H groups in total. The molecule has 0 atom stereocenters. The average Bonchev–Trinajstić information content (AvgIpc) is 2.94. The molecule has 0 unspecified atom stereocenters. The Kier molecular flexibility index (Phi) is 2.83. The molecule has 106 valence electrons. The highest BCUT2D eigenvalue weighted by Gasteiger charge is 2.35. The average molecular weight is 285 g/mol. The summed E-state index contributed by atoms with van der Waals surface area (Å²) in [5.74, 6) is -1.92. The van der Waals surface area contributed by atoms with Crippen LogP contribution < -0.4 is 0 Å². The molecule has 0 radical (unpaired) electrons. The Labute approximate surface area is 119 Å². The van der Waals surface area contributed by atoms with E-state index in [1.807, 2.05) is 0 Å². The van der Waals surface area contributed by atoms with Crippen LogP contribution in [0.5, 0.6) is 0 Å². The molecule has 0 spiro atoms. The van der Waals surface area contributed by atoms with Crippen molar-refractivity contribution in [2.45, 2.75) is 6.54 Å². The number of fused-ring (bicyclic) bond motifs is 1. The molecule has 2 amide bonds. The molecule has 1 aromatic heterocycles. The zero-order valence-corrected chi connectivity index (χ0v) is 11.1. The van der Waals surface area contributed by atoms with E-state index in [1.165, 1.54) is 10.7 Å². The highest BCUT2D eigenvalue weighted by molar-refractivity contribution is 6.21. The third-order valence-electron chi connectivity index (χ3n) is 3.39. The van der Waals surface area contributed by atoms with Gasteiger partial charge in [-0.3, -0.25) is 19.2 Å². The maximum absolute atomic E-state index is 12.2. The highest BCUT2D eigenvalue weighted by atomic mass is 16.4. The number of nitrogens with zero attached hydrogens (tertiary/aromatic N) is 3. The normalized spacial score (nSPS) is 13.7. The molecule has 0 bridgehead atoms. The first-order chi connectivity index (χ1) is 9.99. The molecule has 21 heavy (non-hydrogen) atoms. The summed E-state index contributed by atoms with van der Waals surface area (Å²) in [6.45, 7) is -0.0108. The van der Waals surface area contributed by atoms with Gasteiger partial charge in [-0.15, -0.1) is 0 Å². The van der Waals surface area contributed by atoms with Crippen molar-refractivity contribution in [3.8, 4) is 0 Å². The lowest BCUT2D eigenvalue weighted by Gasteiger charge is -2.13. The number of hydrogen-bond acceptors (Lipinski definition) is 4. The summed E-state index contributed by atoms with van der Waals surface area (Å²) in [7, 11) is 1.57. The summed E-state index contributed by atoms with van der Waals surface area (Å²) in [4.78, 5) is 36.4. The van der Waals surface area contributed by atoms with Gasteiger partial charge in [0.2, 0.25) is 0 Å². The Balaban J connectivity index is 1.92. The topological polar surface area (TPSA) is 92.5 Å². The molecule has 3 rings (SSSR count). The van der Waals surface area contributed by atoms with Crippen molar-refractivity contribution >= 4 is 17.8 Å². The SMILES string of the molecule is Cn1nc(C(=O)O)cc1CN1C(=O)c2ccccc2C1=O. The number of aromatic carboxylic acids is 1. The fraction of sp³-hybridized carbons (Fsp3) is 0.143. The fourth-order valence-corrected chi connectivity index (χ4v) is 2.30. The van der Waals surface area contributed by atoms with Crippen molar-refractivity contribution in [2.75, 3.05) is 0 Å². The van der Waals surface area contributed by atoms with Gasteiger partial charge in [0, 0.05) is 7.05 Å². The second-order valence-electron chi connectivity index (χ2n) is 4.69. The smallest absolute Gasteiger partial charge is 0.356 e. The molecular weight excluding hydrogens is 274 g/mol. The minimum Gasteiger partial charge on any atom is -0.476 e. The summed E-state index contributed by atoms with van der Waals surface area (Å²) in [5.41, 5.74) is 1.08. The van der Waals surface area contributed by atoms with Gasteiger partial charge in [0.15, 0.2) is 5.69 Å². The molecule has 0 aliphatic carbocycles. The van der Waals surface area contributed by atoms with Gasteiger partial charge in [0.25, 0.3) is 11.8 Å². The first-order valence-electron chi connectivity index (χ1n) is 6.20. The molecule has 1 aromatic carbocycles. The van der Waals surface area contributed by atoms with Gasteiger partial charge in [-0.05, 0) is 18.2 Å². The Hall–Kier alpha value is -2.96. The fourth-order valence-electron chi connectivity index (χ4n) is 2.30. The van der Waals surface area contributed by atoms with E-state index in [-0.39, 0.29) is 24.1 Å². The largest absolute Gasteiger partial charge is 0.476 e. The van der Waals surface area contributed by atoms with Crippen LogP contribution in [0.2, 0.25) is 0 Å². The maximum Gasteiger partial charge on any atom is 0.356 e. The number of carbonyl (C=O) groups is 3. The highest BCUT2D eigenvalue weighted by Crippen LogP contribution is 2.24. The van der Waals surface area contributed by atoms with Crippen molar-refractivity contribution in [3.63, 3.8) is 0 Å². The number of carboxylic acid groups (broad SMARTS) is 1. The molecule has 1 aliphatic heterocycles. The number of hydrogen-bond donors (Lipinski definition) is 1. The molecule has 2 aromatic rings. The second-order valence-corrected chi connectivity index (χ2v) is 4.69. The van der Waals surface area contributed by atoms with Crippen LogP contribution in [0.4, 0.5) is 0 Å². The number of carboxylic acids is 1. The number of benzene rings is 1. The lowest BCUT2D eigenvalue weighted by molar-refractivity contribution is 0.0636. The third kappa shape index (κ3) is 1.99. The summed E-state index contributed by atoms with van der Waals surface area (Å²) in [5, 5.41) is 12.7. The lowest BCUT2D eigenvalue weighted by atomic mass is 10.1. The van der Waals surface area contributed by atoms with E-state index in [0.29, 0.717) is 16.8 Å². The predicted octanol–water partition coefficient (Wildman–Crippen LogP) is 0.915. The second kappa shape index (κ2) is 4.55. The molecule has 0 saturated heterocycles. The zero-order valence-electron chi connectivity index (χ0n) is 11.1. The van der Waals surface area contributed by atoms with Gasteiger partial charge in [-0.25, -0.2) is 4.79 Å². The van der Waals surface area contributed by atoms with Crippen LogP contribution in [-0.4, -0.2) is 37.6 Å². The Morgan fingerprint density at radius 3 is 2.24 bits per heavy atom. The van der Waals surface area contributed by atoms with Gasteiger partial charge in [-0.1, -0.05) is 12.1 Å². The van der Waals surface area contributed by atoms with Crippen LogP contribution in [0, 0.1) is 0 Å². The van der Waals surface area contributed by atoms with E-state index >= 15 is 0 Å². The van der Waals surface area contributed by atoms with E-state index in [9.17, 15) is 14.4 Å². The zero-order chi connectivity index (χ0) is 15.1. The monoisotopic (exact) mass is 285 g/mol. The van der Waals surface area contributed by atoms with Crippen molar-refractivity contribution in [1.82, 2.24) is 14.7 Å². The Morgan fingerprint density at radius 1 is 1.19 bits per heavy atom. The van der Waals surface area contributed by atoms with Gasteiger partial charge in [0.05, 0.1) is 23.4 Å². The standard InChI is InChI=1S/C14H11N3O4/c1-16-8(6-11(15-16)14(20)21)7-17-12(18)9-4-2-3-5-10(9)13(17)19/h2-6H,7H2,1H3,(H,20,21). The van der Waals surface area contributed by atoms with E-state index < -0.39 is 5.97 Å². The van der Waals surface area contributed by atoms with Gasteiger partial charge >= 0.3 is 5.97 Å². The number of aromatic nitrogens is 2. The van der Waals surface area contributed by atoms with Crippen molar-refractivity contribution in [3.05, 3.63) is 52.8 Å². The number of carbonyl (C=O) groups excluding carboxylic acids is 2. The van der Waals surface area contributed by atoms with E-state index in [2.05, 4.69) is 5.10 Å². The van der Waals surface area contributed by atoms with E-state index in [1.54, 1.807) is 31.3 Å². The van der Waals surface area contributed by atoms with Gasteiger partial charge < -0.3 is 5.11 Å². The molecular formula is C14H11N3O4. The van der Waals surface area contributed by atoms with Crippen LogP contribution >= 0.6 is 0 Å². The minimum absolute atomic E-state index is 0.0108. The van der Waals surface area contributed by atoms with Crippen LogP contribution in [-0.2, 0) is 13.6 Å². The summed E-state index contributed by atoms with van der Waals surface area (Å²) < 4.78 is 1.35. The molecule has 7 nitrogen and oxygen atoms in total. The number of amides is 2. The van der Waals surface area contributed by atoms with Crippen LogP contribution in [0.1, 0.15) is 36.9 Å². The number of imide groups is 1. The number of aryl methyl sites for hydroxylation is 1. The summed E-state index contributed by atoms with van der Waals surface area (Å²) in [6, 6.07) is 7.94. The Bertz CT molecular complexity index is 743. The van der Waals surface area contributed by atoms with Gasteiger partial charge in [-0.2, -0.15) is 5.10 Å². The van der Waals surface area contributed by atoms with Crippen LogP contribution in [0.25, 0.3) is 0 Å². The molecule has 2 heterocycles. The van der Waals surface area contributed by atoms with E-state index in [4.69, 9.17) is 5.11 Å². The molecule has 7 heteroatoms. The predicted molar refractivity (Wildman–Crippen MR) is 70.8 cm³/mol. The summed E-state index contributed by atoms with van der Waals surface area (Å²) in [6.07, 6.45) is 0. The minimum atomic E-state index is -1.15. The lowest BCUT2D eigenvalue weighted by Crippen LogP contribution is -2.30. The van der Waals surface area contributed by atoms with Crippen LogP contribution in [0.3, 0.4) is 0 Å². The van der Waals surface area contributed by atoms with E-state index in [0.717, 1.165) is 4.90 Å². The van der Waals surface area contributed by atoms with Gasteiger partial charge in [0.1, 0.15) is 0 Å². The van der Waals surface area contributed by atoms with Crippen molar-refractivity contribution in [2.24, 2.45) is 7.05 Å². The van der Waals surface area contributed by atoms with Crippen molar-refractivity contribution in [1.29, 1.82) is 0 Å². The molecule has 0 fully saturated rings. The quantitative estimate of drug-likeness (QED) is 0.846. The maximum atomic E-state index is 12.2. The van der Waals surface area contributed by atoms with Crippen molar-refractivity contribution < 1.29 is 19.5 Å². The first kappa shape index (κ1) is 13.0. The summed E-state index contributed by atoms with van der Waals surface area (Å²) >= 11 is 0. The first-order valence-corrected chi connectivity index (χ1v) is 6.20. The molecule has 0 saturated carbocycles. The van der Waals surface area contributed by atoms with Crippen LogP contribution in [0.15, 0.2) is 30.3 Å². The number of rotatable bonds is 3.